The van der Waals surface area contributed by atoms with Gasteiger partial charge >= 0.3 is 0 Å². The molecule has 3 heterocycles. The largest absolute Gasteiger partial charge is 0.277 e. The van der Waals surface area contributed by atoms with E-state index in [-0.39, 0.29) is 5.82 Å². The SMILES string of the molecule is C#Cc1cc(F)n2ncc(C3=NC(C)(C)C(C)(C)c4c(F)cccc43)cc12. The molecule has 3 aromatic rings. The second-order valence-corrected chi connectivity index (χ2v) is 7.87. The van der Waals surface area contributed by atoms with Crippen LogP contribution < -0.4 is 0 Å². The first-order valence-corrected chi connectivity index (χ1v) is 8.71. The maximum absolute atomic E-state index is 14.8. The van der Waals surface area contributed by atoms with Crippen molar-refractivity contribution in [2.45, 2.75) is 38.6 Å². The van der Waals surface area contributed by atoms with Crippen molar-refractivity contribution in [2.24, 2.45) is 4.99 Å². The van der Waals surface area contributed by atoms with Crippen LogP contribution in [0.2, 0.25) is 0 Å². The zero-order valence-corrected chi connectivity index (χ0v) is 15.6. The fraction of sp³-hybridized carbons (Fsp3) is 0.273. The highest BCUT2D eigenvalue weighted by atomic mass is 19.1. The van der Waals surface area contributed by atoms with E-state index in [0.29, 0.717) is 27.9 Å². The Bertz CT molecular complexity index is 1160. The summed E-state index contributed by atoms with van der Waals surface area (Å²) in [4.78, 5) is 4.94. The van der Waals surface area contributed by atoms with Crippen molar-refractivity contribution >= 4 is 11.2 Å². The van der Waals surface area contributed by atoms with Gasteiger partial charge in [-0.15, -0.1) is 6.42 Å². The number of benzene rings is 1. The molecule has 2 aromatic heterocycles. The lowest BCUT2D eigenvalue weighted by Crippen LogP contribution is -2.46. The zero-order chi connectivity index (χ0) is 19.6. The number of fused-ring (bicyclic) bond motifs is 2. The lowest BCUT2D eigenvalue weighted by Gasteiger charge is -2.44. The van der Waals surface area contributed by atoms with Crippen molar-refractivity contribution in [3.8, 4) is 12.3 Å². The predicted octanol–water partition coefficient (Wildman–Crippen LogP) is 4.50. The smallest absolute Gasteiger partial charge is 0.215 e. The van der Waals surface area contributed by atoms with Gasteiger partial charge < -0.3 is 0 Å². The molecule has 0 fully saturated rings. The summed E-state index contributed by atoms with van der Waals surface area (Å²) in [7, 11) is 0. The molecule has 0 radical (unpaired) electrons. The second-order valence-electron chi connectivity index (χ2n) is 7.87. The lowest BCUT2D eigenvalue weighted by molar-refractivity contribution is 0.293. The standard InChI is InChI=1S/C22H19F2N3/c1-6-13-11-18(24)27-17(13)10-14(12-25-27)20-15-8-7-9-16(23)19(15)21(2,3)22(4,5)26-20/h1,7-12H,2-5H3. The van der Waals surface area contributed by atoms with E-state index in [1.165, 1.54) is 18.3 Å². The summed E-state index contributed by atoms with van der Waals surface area (Å²) in [6.07, 6.45) is 7.04. The molecule has 3 nitrogen and oxygen atoms in total. The molecule has 1 aromatic carbocycles. The second kappa shape index (κ2) is 5.50. The monoisotopic (exact) mass is 363 g/mol. The minimum Gasteiger partial charge on any atom is -0.277 e. The third-order valence-corrected chi connectivity index (χ3v) is 5.82. The summed E-state index contributed by atoms with van der Waals surface area (Å²) in [5.41, 5.74) is 2.50. The van der Waals surface area contributed by atoms with Crippen LogP contribution in [0.5, 0.6) is 0 Å². The minimum absolute atomic E-state index is 0.259. The van der Waals surface area contributed by atoms with Crippen LogP contribution >= 0.6 is 0 Å². The molecule has 0 aliphatic carbocycles. The summed E-state index contributed by atoms with van der Waals surface area (Å²) < 4.78 is 30.0. The molecule has 1 aliphatic rings. The number of aromatic nitrogens is 2. The van der Waals surface area contributed by atoms with Gasteiger partial charge in [-0.3, -0.25) is 4.99 Å². The van der Waals surface area contributed by atoms with Gasteiger partial charge in [-0.2, -0.15) is 9.49 Å². The van der Waals surface area contributed by atoms with Gasteiger partial charge in [0.2, 0.25) is 5.95 Å². The van der Waals surface area contributed by atoms with E-state index in [4.69, 9.17) is 11.4 Å². The van der Waals surface area contributed by atoms with Crippen LogP contribution in [-0.4, -0.2) is 20.9 Å². The average molecular weight is 363 g/mol. The van der Waals surface area contributed by atoms with Crippen molar-refractivity contribution in [3.63, 3.8) is 0 Å². The normalized spacial score (nSPS) is 17.3. The van der Waals surface area contributed by atoms with Gasteiger partial charge in [0.25, 0.3) is 0 Å². The Morgan fingerprint density at radius 3 is 2.56 bits per heavy atom. The van der Waals surface area contributed by atoms with Crippen molar-refractivity contribution in [1.29, 1.82) is 0 Å². The number of terminal acetylenes is 1. The van der Waals surface area contributed by atoms with Crippen molar-refractivity contribution in [3.05, 3.63) is 70.5 Å². The van der Waals surface area contributed by atoms with Crippen LogP contribution in [0, 0.1) is 24.1 Å². The summed E-state index contributed by atoms with van der Waals surface area (Å²) in [6, 6.07) is 8.04. The fourth-order valence-electron chi connectivity index (χ4n) is 3.65. The van der Waals surface area contributed by atoms with E-state index >= 15 is 0 Å². The number of hydrogen-bond donors (Lipinski definition) is 0. The van der Waals surface area contributed by atoms with Crippen LogP contribution in [0.1, 0.15) is 49.9 Å². The Morgan fingerprint density at radius 1 is 1.11 bits per heavy atom. The number of hydrogen-bond acceptors (Lipinski definition) is 2. The molecule has 0 unspecified atom stereocenters. The molecule has 0 bridgehead atoms. The highest BCUT2D eigenvalue weighted by Crippen LogP contribution is 2.45. The molecule has 0 spiro atoms. The summed E-state index contributed by atoms with van der Waals surface area (Å²) in [5, 5.41) is 4.18. The Hall–Kier alpha value is -3.00. The highest BCUT2D eigenvalue weighted by Gasteiger charge is 2.45. The maximum Gasteiger partial charge on any atom is 0.215 e. The van der Waals surface area contributed by atoms with E-state index < -0.39 is 16.9 Å². The fourth-order valence-corrected chi connectivity index (χ4v) is 3.65. The van der Waals surface area contributed by atoms with Gasteiger partial charge in [0.15, 0.2) is 0 Å². The average Bonchev–Trinajstić information content (AvgIpc) is 2.93. The van der Waals surface area contributed by atoms with Crippen LogP contribution in [0.3, 0.4) is 0 Å². The van der Waals surface area contributed by atoms with Gasteiger partial charge in [0, 0.05) is 28.2 Å². The molecule has 27 heavy (non-hydrogen) atoms. The molecule has 0 N–H and O–H groups in total. The van der Waals surface area contributed by atoms with E-state index in [2.05, 4.69) is 11.0 Å². The molecule has 4 rings (SSSR count). The van der Waals surface area contributed by atoms with Crippen molar-refractivity contribution in [1.82, 2.24) is 9.61 Å². The van der Waals surface area contributed by atoms with E-state index in [9.17, 15) is 8.78 Å². The van der Waals surface area contributed by atoms with Gasteiger partial charge in [0.05, 0.1) is 28.5 Å². The molecular formula is C22H19F2N3. The first kappa shape index (κ1) is 17.4. The number of halogens is 2. The summed E-state index contributed by atoms with van der Waals surface area (Å²) in [5.74, 6) is 1.69. The van der Waals surface area contributed by atoms with Crippen LogP contribution in [0.15, 0.2) is 41.5 Å². The van der Waals surface area contributed by atoms with Crippen LogP contribution in [-0.2, 0) is 5.41 Å². The number of rotatable bonds is 1. The maximum atomic E-state index is 14.8. The Balaban J connectivity index is 2.02. The van der Waals surface area contributed by atoms with E-state index in [1.807, 2.05) is 33.8 Å². The van der Waals surface area contributed by atoms with Crippen LogP contribution in [0.4, 0.5) is 8.78 Å². The summed E-state index contributed by atoms with van der Waals surface area (Å²) in [6.45, 7) is 7.96. The molecule has 1 aliphatic heterocycles. The Labute approximate surface area is 156 Å². The van der Waals surface area contributed by atoms with Gasteiger partial charge in [-0.05, 0) is 26.0 Å². The van der Waals surface area contributed by atoms with Crippen molar-refractivity contribution < 1.29 is 8.78 Å². The molecule has 0 saturated heterocycles. The first-order chi connectivity index (χ1) is 12.7. The van der Waals surface area contributed by atoms with Crippen LogP contribution in [0.25, 0.3) is 5.52 Å². The number of aliphatic imine (C=N–C) groups is 1. The van der Waals surface area contributed by atoms with E-state index in [0.717, 1.165) is 10.1 Å². The predicted molar refractivity (Wildman–Crippen MR) is 102 cm³/mol. The van der Waals surface area contributed by atoms with Crippen molar-refractivity contribution in [2.75, 3.05) is 0 Å². The van der Waals surface area contributed by atoms with Gasteiger partial charge in [-0.25, -0.2) is 8.91 Å². The van der Waals surface area contributed by atoms with Gasteiger partial charge in [0.1, 0.15) is 5.82 Å². The molecule has 0 saturated carbocycles. The minimum atomic E-state index is -0.550. The molecular weight excluding hydrogens is 344 g/mol. The Kier molecular flexibility index (Phi) is 3.55. The van der Waals surface area contributed by atoms with Gasteiger partial charge in [-0.1, -0.05) is 31.9 Å². The number of nitrogens with zero attached hydrogens (tertiary/aromatic N) is 3. The topological polar surface area (TPSA) is 29.7 Å². The molecule has 5 heteroatoms. The quantitative estimate of drug-likeness (QED) is 0.586. The molecule has 136 valence electrons. The highest BCUT2D eigenvalue weighted by molar-refractivity contribution is 6.15. The third-order valence-electron chi connectivity index (χ3n) is 5.82. The molecule has 0 amide bonds. The Morgan fingerprint density at radius 2 is 1.85 bits per heavy atom. The summed E-state index contributed by atoms with van der Waals surface area (Å²) >= 11 is 0. The third kappa shape index (κ3) is 2.33. The molecule has 0 atom stereocenters. The zero-order valence-electron chi connectivity index (χ0n) is 15.6. The first-order valence-electron chi connectivity index (χ1n) is 8.71. The van der Waals surface area contributed by atoms with E-state index in [1.54, 1.807) is 12.1 Å². The lowest BCUT2D eigenvalue weighted by atomic mass is 9.65.